The predicted octanol–water partition coefficient (Wildman–Crippen LogP) is 1.31. The summed E-state index contributed by atoms with van der Waals surface area (Å²) in [5, 5.41) is 5.33. The zero-order valence-corrected chi connectivity index (χ0v) is 13.2. The van der Waals surface area contributed by atoms with E-state index in [4.69, 9.17) is 9.47 Å². The minimum Gasteiger partial charge on any atom is -0.489 e. The fourth-order valence-corrected chi connectivity index (χ4v) is 1.60. The highest BCUT2D eigenvalue weighted by molar-refractivity contribution is 5.91. The van der Waals surface area contributed by atoms with Gasteiger partial charge in [0.05, 0.1) is 12.3 Å². The monoisotopic (exact) mass is 309 g/mol. The Labute approximate surface area is 130 Å². The Hall–Kier alpha value is -2.28. The Bertz CT molecular complexity index is 491. The van der Waals surface area contributed by atoms with E-state index >= 15 is 0 Å². The third kappa shape index (κ3) is 6.45. The van der Waals surface area contributed by atoms with Gasteiger partial charge in [0, 0.05) is 34.2 Å². The van der Waals surface area contributed by atoms with Crippen LogP contribution in [-0.4, -0.2) is 57.8 Å². The molecule has 0 spiro atoms. The largest absolute Gasteiger partial charge is 0.489 e. The van der Waals surface area contributed by atoms with Gasteiger partial charge in [0.2, 0.25) is 5.91 Å². The Kier molecular flexibility index (Phi) is 7.77. The predicted molar refractivity (Wildman–Crippen MR) is 84.1 cm³/mol. The smallest absolute Gasteiger partial charge is 0.319 e. The zero-order valence-electron chi connectivity index (χ0n) is 13.2. The lowest BCUT2D eigenvalue weighted by Crippen LogP contribution is -2.33. The van der Waals surface area contributed by atoms with Gasteiger partial charge < -0.3 is 25.0 Å². The number of para-hydroxylation sites is 2. The van der Waals surface area contributed by atoms with Gasteiger partial charge in [-0.2, -0.15) is 0 Å². The highest BCUT2D eigenvalue weighted by Gasteiger charge is 2.08. The summed E-state index contributed by atoms with van der Waals surface area (Å²) in [6.45, 7) is 1.14. The summed E-state index contributed by atoms with van der Waals surface area (Å²) in [7, 11) is 4.95. The number of nitrogens with zero attached hydrogens (tertiary/aromatic N) is 1. The van der Waals surface area contributed by atoms with Crippen LogP contribution < -0.4 is 15.4 Å². The summed E-state index contributed by atoms with van der Waals surface area (Å²) in [5.74, 6) is 0.530. The average molecular weight is 309 g/mol. The normalized spacial score (nSPS) is 9.95. The molecule has 22 heavy (non-hydrogen) atoms. The number of hydrogen-bond acceptors (Lipinski definition) is 4. The summed E-state index contributed by atoms with van der Waals surface area (Å²) in [6, 6.07) is 6.75. The van der Waals surface area contributed by atoms with Crippen LogP contribution in [-0.2, 0) is 9.53 Å². The summed E-state index contributed by atoms with van der Waals surface area (Å²) < 4.78 is 10.4. The quantitative estimate of drug-likeness (QED) is 0.710. The van der Waals surface area contributed by atoms with Crippen molar-refractivity contribution in [3.05, 3.63) is 24.3 Å². The fourth-order valence-electron chi connectivity index (χ4n) is 1.60. The number of amides is 3. The number of ether oxygens (including phenoxy) is 2. The minimum atomic E-state index is -0.380. The molecule has 7 nitrogen and oxygen atoms in total. The van der Waals surface area contributed by atoms with Gasteiger partial charge in [0.15, 0.2) is 0 Å². The van der Waals surface area contributed by atoms with Crippen molar-refractivity contribution in [2.75, 3.05) is 46.3 Å². The van der Waals surface area contributed by atoms with Crippen LogP contribution in [0.3, 0.4) is 0 Å². The third-order valence-electron chi connectivity index (χ3n) is 2.80. The molecule has 1 aromatic rings. The number of anilines is 1. The van der Waals surface area contributed by atoms with Crippen LogP contribution in [0.4, 0.5) is 10.5 Å². The van der Waals surface area contributed by atoms with Gasteiger partial charge >= 0.3 is 6.03 Å². The van der Waals surface area contributed by atoms with E-state index in [1.165, 1.54) is 4.90 Å². The first-order valence-corrected chi connectivity index (χ1v) is 7.00. The number of methoxy groups -OCH3 is 1. The van der Waals surface area contributed by atoms with Crippen molar-refractivity contribution in [3.63, 3.8) is 0 Å². The molecule has 0 radical (unpaired) electrons. The van der Waals surface area contributed by atoms with E-state index in [0.717, 1.165) is 0 Å². The van der Waals surface area contributed by atoms with Crippen molar-refractivity contribution < 1.29 is 19.1 Å². The minimum absolute atomic E-state index is 0.0383. The first kappa shape index (κ1) is 17.8. The van der Waals surface area contributed by atoms with Gasteiger partial charge in [-0.15, -0.1) is 0 Å². The summed E-state index contributed by atoms with van der Waals surface area (Å²) in [4.78, 5) is 24.7. The molecule has 1 aromatic carbocycles. The second-order valence-corrected chi connectivity index (χ2v) is 4.76. The van der Waals surface area contributed by atoms with Crippen LogP contribution in [0.5, 0.6) is 5.75 Å². The van der Waals surface area contributed by atoms with Crippen LogP contribution in [0.1, 0.15) is 6.42 Å². The molecule has 0 atom stereocenters. The van der Waals surface area contributed by atoms with Crippen LogP contribution >= 0.6 is 0 Å². The van der Waals surface area contributed by atoms with Gasteiger partial charge in [-0.3, -0.25) is 4.79 Å². The van der Waals surface area contributed by atoms with Crippen LogP contribution in [0, 0.1) is 0 Å². The van der Waals surface area contributed by atoms with Crippen molar-refractivity contribution in [2.24, 2.45) is 0 Å². The number of rotatable bonds is 8. The Morgan fingerprint density at radius 3 is 2.59 bits per heavy atom. The maximum atomic E-state index is 11.8. The molecular weight excluding hydrogens is 286 g/mol. The maximum Gasteiger partial charge on any atom is 0.319 e. The number of carbonyl (C=O) groups is 2. The van der Waals surface area contributed by atoms with Crippen LogP contribution in [0.15, 0.2) is 24.3 Å². The van der Waals surface area contributed by atoms with Crippen molar-refractivity contribution >= 4 is 17.6 Å². The van der Waals surface area contributed by atoms with Gasteiger partial charge in [-0.1, -0.05) is 12.1 Å². The van der Waals surface area contributed by atoms with Crippen molar-refractivity contribution in [1.82, 2.24) is 10.2 Å². The second kappa shape index (κ2) is 9.62. The standard InChI is InChI=1S/C15H23N3O4/c1-18(2)14(19)8-9-16-15(20)17-12-6-4-5-7-13(12)22-11-10-21-3/h4-7H,8-11H2,1-3H3,(H2,16,17,20). The highest BCUT2D eigenvalue weighted by atomic mass is 16.5. The molecule has 0 heterocycles. The number of benzene rings is 1. The van der Waals surface area contributed by atoms with E-state index in [1.54, 1.807) is 39.4 Å². The summed E-state index contributed by atoms with van der Waals surface area (Å²) in [6.07, 6.45) is 0.256. The Balaban J connectivity index is 2.45. The van der Waals surface area contributed by atoms with Crippen molar-refractivity contribution in [3.8, 4) is 5.75 Å². The molecule has 0 aromatic heterocycles. The first-order valence-electron chi connectivity index (χ1n) is 7.00. The fraction of sp³-hybridized carbons (Fsp3) is 0.467. The lowest BCUT2D eigenvalue weighted by molar-refractivity contribution is -0.128. The van der Waals surface area contributed by atoms with E-state index < -0.39 is 0 Å². The van der Waals surface area contributed by atoms with E-state index in [-0.39, 0.29) is 24.9 Å². The average Bonchev–Trinajstić information content (AvgIpc) is 2.49. The molecule has 0 aliphatic heterocycles. The molecule has 0 aliphatic rings. The van der Waals surface area contributed by atoms with Gasteiger partial charge in [0.25, 0.3) is 0 Å². The maximum absolute atomic E-state index is 11.8. The van der Waals surface area contributed by atoms with E-state index in [1.807, 2.05) is 6.07 Å². The molecule has 0 saturated heterocycles. The molecule has 3 amide bonds. The van der Waals surface area contributed by atoms with E-state index in [9.17, 15) is 9.59 Å². The van der Waals surface area contributed by atoms with Gasteiger partial charge in [-0.05, 0) is 12.1 Å². The lowest BCUT2D eigenvalue weighted by Gasteiger charge is -2.13. The first-order chi connectivity index (χ1) is 10.5. The molecule has 0 fully saturated rings. The van der Waals surface area contributed by atoms with Gasteiger partial charge in [-0.25, -0.2) is 4.79 Å². The molecule has 7 heteroatoms. The van der Waals surface area contributed by atoms with Crippen molar-refractivity contribution in [1.29, 1.82) is 0 Å². The summed E-state index contributed by atoms with van der Waals surface area (Å²) in [5.41, 5.74) is 0.565. The van der Waals surface area contributed by atoms with Crippen LogP contribution in [0.2, 0.25) is 0 Å². The topological polar surface area (TPSA) is 79.9 Å². The highest BCUT2D eigenvalue weighted by Crippen LogP contribution is 2.23. The summed E-state index contributed by atoms with van der Waals surface area (Å²) >= 11 is 0. The number of hydrogen-bond donors (Lipinski definition) is 2. The number of urea groups is 1. The second-order valence-electron chi connectivity index (χ2n) is 4.76. The van der Waals surface area contributed by atoms with E-state index in [2.05, 4.69) is 10.6 Å². The molecule has 0 bridgehead atoms. The number of carbonyl (C=O) groups excluding carboxylic acids is 2. The molecule has 0 aliphatic carbocycles. The molecular formula is C15H23N3O4. The molecule has 0 unspecified atom stereocenters. The number of nitrogens with one attached hydrogen (secondary N) is 2. The third-order valence-corrected chi connectivity index (χ3v) is 2.80. The molecule has 0 saturated carbocycles. The van der Waals surface area contributed by atoms with Crippen LogP contribution in [0.25, 0.3) is 0 Å². The molecule has 2 N–H and O–H groups in total. The lowest BCUT2D eigenvalue weighted by atomic mass is 10.3. The Morgan fingerprint density at radius 2 is 1.91 bits per heavy atom. The van der Waals surface area contributed by atoms with Crippen molar-refractivity contribution in [2.45, 2.75) is 6.42 Å². The van der Waals surface area contributed by atoms with Gasteiger partial charge in [0.1, 0.15) is 12.4 Å². The molecule has 122 valence electrons. The zero-order chi connectivity index (χ0) is 16.4. The SMILES string of the molecule is COCCOc1ccccc1NC(=O)NCCC(=O)N(C)C. The Morgan fingerprint density at radius 1 is 1.18 bits per heavy atom. The molecule has 1 rings (SSSR count). The van der Waals surface area contributed by atoms with E-state index in [0.29, 0.717) is 24.7 Å².